The van der Waals surface area contributed by atoms with Gasteiger partial charge in [-0.15, -0.1) is 0 Å². The lowest BCUT2D eigenvalue weighted by molar-refractivity contribution is 1.19. The van der Waals surface area contributed by atoms with Crippen LogP contribution in [0.3, 0.4) is 0 Å². The Hall–Kier alpha value is -6.66. The van der Waals surface area contributed by atoms with Crippen molar-refractivity contribution in [3.05, 3.63) is 170 Å². The molecule has 0 fully saturated rings. The van der Waals surface area contributed by atoms with Crippen LogP contribution in [0.2, 0.25) is 0 Å². The average Bonchev–Trinajstić information content (AvgIpc) is 3.19. The second-order valence-corrected chi connectivity index (χ2v) is 11.2. The van der Waals surface area contributed by atoms with E-state index in [0.717, 1.165) is 79.2 Å². The summed E-state index contributed by atoms with van der Waals surface area (Å²) in [6, 6.07) is 52.5. The monoisotopic (exact) mass is 616 g/mol. The van der Waals surface area contributed by atoms with Crippen LogP contribution in [-0.4, -0.2) is 29.9 Å². The molecule has 0 amide bonds. The van der Waals surface area contributed by atoms with Gasteiger partial charge in [-0.1, -0.05) is 84.9 Å². The molecule has 8 aromatic rings. The van der Waals surface area contributed by atoms with Crippen LogP contribution in [0.1, 0.15) is 0 Å². The Morgan fingerprint density at radius 2 is 0.542 bits per heavy atom. The van der Waals surface area contributed by atoms with Crippen molar-refractivity contribution in [2.24, 2.45) is 0 Å². The minimum Gasteiger partial charge on any atom is -0.255 e. The molecule has 0 radical (unpaired) electrons. The molecule has 0 aliphatic rings. The summed E-state index contributed by atoms with van der Waals surface area (Å²) in [5.41, 5.74) is 11.9. The van der Waals surface area contributed by atoms with E-state index in [1.165, 1.54) is 0 Å². The molecule has 6 aromatic heterocycles. The van der Waals surface area contributed by atoms with Gasteiger partial charge in [0, 0.05) is 12.4 Å². The third-order valence-corrected chi connectivity index (χ3v) is 8.01. The van der Waals surface area contributed by atoms with Crippen molar-refractivity contribution in [3.8, 4) is 79.2 Å². The first-order chi connectivity index (χ1) is 23.8. The zero-order valence-electron chi connectivity index (χ0n) is 25.8. The maximum atomic E-state index is 5.07. The Morgan fingerprint density at radius 1 is 0.229 bits per heavy atom. The third kappa shape index (κ3) is 6.10. The van der Waals surface area contributed by atoms with Crippen LogP contribution in [0.25, 0.3) is 79.2 Å². The lowest BCUT2D eigenvalue weighted by Gasteiger charge is -2.11. The summed E-state index contributed by atoms with van der Waals surface area (Å²) in [6.45, 7) is 0. The van der Waals surface area contributed by atoms with Crippen LogP contribution in [-0.2, 0) is 0 Å². The van der Waals surface area contributed by atoms with Crippen LogP contribution in [0.15, 0.2) is 170 Å². The number of pyridine rings is 6. The number of benzene rings is 2. The molecule has 6 nitrogen and oxygen atoms in total. The van der Waals surface area contributed by atoms with Gasteiger partial charge in [0.2, 0.25) is 0 Å². The second kappa shape index (κ2) is 13.0. The molecule has 8 rings (SSSR count). The standard InChI is InChI=1S/C42H28N6/c1-3-13-29(14-4-1)31-25-39(33-17-7-9-23-43-33)47-41(27-31)37-21-11-19-35(45-37)36-20-12-22-38(46-36)42-28-32(30-15-5-2-6-16-30)26-40(48-42)34-18-8-10-24-44-34/h1-28H. The molecule has 6 heterocycles. The molecule has 0 aliphatic heterocycles. The lowest BCUT2D eigenvalue weighted by atomic mass is 10.0. The normalized spacial score (nSPS) is 10.9. The van der Waals surface area contributed by atoms with E-state index in [2.05, 4.69) is 58.5 Å². The molecule has 0 bridgehead atoms. The summed E-state index contributed by atoms with van der Waals surface area (Å²) >= 11 is 0. The zero-order chi connectivity index (χ0) is 32.1. The van der Waals surface area contributed by atoms with E-state index in [1.807, 2.05) is 109 Å². The van der Waals surface area contributed by atoms with Gasteiger partial charge in [-0.2, -0.15) is 0 Å². The number of nitrogens with zero attached hydrogens (tertiary/aromatic N) is 6. The van der Waals surface area contributed by atoms with Crippen molar-refractivity contribution < 1.29 is 0 Å². The Bertz CT molecular complexity index is 2040. The molecule has 0 unspecified atom stereocenters. The van der Waals surface area contributed by atoms with Crippen LogP contribution in [0.5, 0.6) is 0 Å². The first kappa shape index (κ1) is 28.8. The van der Waals surface area contributed by atoms with Crippen LogP contribution in [0.4, 0.5) is 0 Å². The fourth-order valence-corrected chi connectivity index (χ4v) is 5.65. The van der Waals surface area contributed by atoms with Gasteiger partial charge in [-0.3, -0.25) is 9.97 Å². The molecule has 0 spiro atoms. The van der Waals surface area contributed by atoms with E-state index in [0.29, 0.717) is 0 Å². The molecule has 6 heteroatoms. The summed E-state index contributed by atoms with van der Waals surface area (Å²) in [4.78, 5) is 29.3. The fraction of sp³-hybridized carbons (Fsp3) is 0. The lowest BCUT2D eigenvalue weighted by Crippen LogP contribution is -1.97. The number of rotatable bonds is 7. The van der Waals surface area contributed by atoms with Gasteiger partial charge in [0.1, 0.15) is 0 Å². The number of hydrogen-bond acceptors (Lipinski definition) is 6. The van der Waals surface area contributed by atoms with Crippen LogP contribution < -0.4 is 0 Å². The maximum absolute atomic E-state index is 5.07. The van der Waals surface area contributed by atoms with Crippen LogP contribution in [0, 0.1) is 0 Å². The highest BCUT2D eigenvalue weighted by molar-refractivity contribution is 5.77. The topological polar surface area (TPSA) is 77.3 Å². The van der Waals surface area contributed by atoms with Crippen molar-refractivity contribution in [3.63, 3.8) is 0 Å². The number of aromatic nitrogens is 6. The van der Waals surface area contributed by atoms with E-state index >= 15 is 0 Å². The minimum absolute atomic E-state index is 0.741. The van der Waals surface area contributed by atoms with Gasteiger partial charge < -0.3 is 0 Å². The summed E-state index contributed by atoms with van der Waals surface area (Å²) < 4.78 is 0. The van der Waals surface area contributed by atoms with Crippen molar-refractivity contribution in [2.45, 2.75) is 0 Å². The van der Waals surface area contributed by atoms with Crippen molar-refractivity contribution in [1.82, 2.24) is 29.9 Å². The fourth-order valence-electron chi connectivity index (χ4n) is 5.65. The second-order valence-electron chi connectivity index (χ2n) is 11.2. The molecule has 0 aliphatic carbocycles. The highest BCUT2D eigenvalue weighted by Gasteiger charge is 2.14. The van der Waals surface area contributed by atoms with E-state index in [-0.39, 0.29) is 0 Å². The Labute approximate surface area is 278 Å². The van der Waals surface area contributed by atoms with Gasteiger partial charge in [0.25, 0.3) is 0 Å². The van der Waals surface area contributed by atoms with E-state index in [4.69, 9.17) is 19.9 Å². The third-order valence-electron chi connectivity index (χ3n) is 8.01. The van der Waals surface area contributed by atoms with Gasteiger partial charge in [-0.25, -0.2) is 19.9 Å². The average molecular weight is 617 g/mol. The van der Waals surface area contributed by atoms with Gasteiger partial charge >= 0.3 is 0 Å². The zero-order valence-corrected chi connectivity index (χ0v) is 25.8. The van der Waals surface area contributed by atoms with E-state index in [1.54, 1.807) is 12.4 Å². The van der Waals surface area contributed by atoms with Crippen LogP contribution >= 0.6 is 0 Å². The van der Waals surface area contributed by atoms with Gasteiger partial charge in [0.05, 0.1) is 56.9 Å². The minimum atomic E-state index is 0.741. The maximum Gasteiger partial charge on any atom is 0.0900 e. The van der Waals surface area contributed by atoms with Crippen molar-refractivity contribution in [1.29, 1.82) is 0 Å². The summed E-state index contributed by atoms with van der Waals surface area (Å²) in [6.07, 6.45) is 3.57. The first-order valence-corrected chi connectivity index (χ1v) is 15.7. The largest absolute Gasteiger partial charge is 0.255 e. The smallest absolute Gasteiger partial charge is 0.0900 e. The van der Waals surface area contributed by atoms with Crippen molar-refractivity contribution in [2.75, 3.05) is 0 Å². The molecular weight excluding hydrogens is 589 g/mol. The van der Waals surface area contributed by atoms with E-state index < -0.39 is 0 Å². The summed E-state index contributed by atoms with van der Waals surface area (Å²) in [7, 11) is 0. The predicted octanol–water partition coefficient (Wildman–Crippen LogP) is 9.73. The first-order valence-electron chi connectivity index (χ1n) is 15.7. The number of hydrogen-bond donors (Lipinski definition) is 0. The molecule has 2 aromatic carbocycles. The molecule has 0 saturated heterocycles. The molecule has 0 atom stereocenters. The van der Waals surface area contributed by atoms with Crippen molar-refractivity contribution >= 4 is 0 Å². The predicted molar refractivity (Wildman–Crippen MR) is 191 cm³/mol. The quantitative estimate of drug-likeness (QED) is 0.177. The SMILES string of the molecule is c1ccc(-c2cc(-c3ccccn3)nc(-c3cccc(-c4cccc(-c5cc(-c6ccccc6)cc(-c6ccccn6)n5)n4)n3)c2)cc1. The molecule has 0 N–H and O–H groups in total. The highest BCUT2D eigenvalue weighted by atomic mass is 14.9. The highest BCUT2D eigenvalue weighted by Crippen LogP contribution is 2.32. The van der Waals surface area contributed by atoms with E-state index in [9.17, 15) is 0 Å². The summed E-state index contributed by atoms with van der Waals surface area (Å²) in [5.74, 6) is 0. The summed E-state index contributed by atoms with van der Waals surface area (Å²) in [5, 5.41) is 0. The molecule has 0 saturated carbocycles. The Morgan fingerprint density at radius 3 is 0.917 bits per heavy atom. The molecule has 226 valence electrons. The Kier molecular flexibility index (Phi) is 7.79. The molecular formula is C42H28N6. The Balaban J connectivity index is 1.21. The molecule has 48 heavy (non-hydrogen) atoms. The van der Waals surface area contributed by atoms with Gasteiger partial charge in [0.15, 0.2) is 0 Å². The van der Waals surface area contributed by atoms with Gasteiger partial charge in [-0.05, 0) is 95.1 Å².